The van der Waals surface area contributed by atoms with E-state index in [0.29, 0.717) is 24.5 Å². The molecule has 0 radical (unpaired) electrons. The van der Waals surface area contributed by atoms with E-state index >= 15 is 0 Å². The molecule has 0 saturated carbocycles. The van der Waals surface area contributed by atoms with Crippen LogP contribution in [0.1, 0.15) is 28.8 Å². The number of carboxylic acids is 1. The van der Waals surface area contributed by atoms with Gasteiger partial charge in [-0.15, -0.1) is 0 Å². The number of aromatic nitrogens is 1. The molecule has 0 aliphatic rings. The van der Waals surface area contributed by atoms with Gasteiger partial charge in [-0.1, -0.05) is 54.6 Å². The maximum absolute atomic E-state index is 11.1. The van der Waals surface area contributed by atoms with Gasteiger partial charge < -0.3 is 14.6 Å². The van der Waals surface area contributed by atoms with E-state index < -0.39 is 5.97 Å². The predicted octanol–water partition coefficient (Wildman–Crippen LogP) is 5.32. The molecule has 0 atom stereocenters. The summed E-state index contributed by atoms with van der Waals surface area (Å²) >= 11 is 0. The van der Waals surface area contributed by atoms with Gasteiger partial charge in [0.25, 0.3) is 0 Å². The molecule has 1 N–H and O–H groups in total. The van der Waals surface area contributed by atoms with Crippen LogP contribution in [-0.4, -0.2) is 22.7 Å². The molecule has 4 rings (SSSR count). The van der Waals surface area contributed by atoms with Gasteiger partial charge >= 0.3 is 5.97 Å². The first-order valence-electron chi connectivity index (χ1n) is 11.0. The zero-order valence-electron chi connectivity index (χ0n) is 18.6. The number of pyridine rings is 1. The predicted molar refractivity (Wildman–Crippen MR) is 129 cm³/mol. The first-order chi connectivity index (χ1) is 16.6. The van der Waals surface area contributed by atoms with Crippen LogP contribution in [0, 0.1) is 11.3 Å². The maximum Gasteiger partial charge on any atom is 0.303 e. The van der Waals surface area contributed by atoms with Crippen molar-refractivity contribution in [3.8, 4) is 17.6 Å². The average molecular weight is 453 g/mol. The fourth-order valence-electron chi connectivity index (χ4n) is 3.70. The van der Waals surface area contributed by atoms with E-state index in [1.165, 1.54) is 16.3 Å². The van der Waals surface area contributed by atoms with Gasteiger partial charge in [-0.05, 0) is 52.1 Å². The summed E-state index contributed by atoms with van der Waals surface area (Å²) in [6, 6.07) is 25.7. The number of aryl methyl sites for hydroxylation is 1. The Balaban J connectivity index is 1.46. The van der Waals surface area contributed by atoms with Crippen LogP contribution in [0.2, 0.25) is 0 Å². The van der Waals surface area contributed by atoms with Crippen molar-refractivity contribution in [2.45, 2.75) is 25.9 Å². The Bertz CT molecular complexity index is 1340. The molecule has 34 heavy (non-hydrogen) atoms. The van der Waals surface area contributed by atoms with Crippen LogP contribution in [0.5, 0.6) is 11.5 Å². The molecule has 6 nitrogen and oxygen atoms in total. The first-order valence-corrected chi connectivity index (χ1v) is 11.0. The monoisotopic (exact) mass is 452 g/mol. The summed E-state index contributed by atoms with van der Waals surface area (Å²) in [6.45, 7) is 0.699. The van der Waals surface area contributed by atoms with Crippen molar-refractivity contribution < 1.29 is 19.4 Å². The second-order valence-corrected chi connectivity index (χ2v) is 7.87. The molecule has 0 aliphatic carbocycles. The second-order valence-electron chi connectivity index (χ2n) is 7.87. The molecule has 0 spiro atoms. The number of fused-ring (bicyclic) bond motifs is 1. The third kappa shape index (κ3) is 5.90. The molecule has 0 bridgehead atoms. The largest absolute Gasteiger partial charge is 0.493 e. The van der Waals surface area contributed by atoms with Gasteiger partial charge in [-0.2, -0.15) is 5.26 Å². The van der Waals surface area contributed by atoms with Gasteiger partial charge in [0, 0.05) is 19.0 Å². The quantitative estimate of drug-likeness (QED) is 0.350. The van der Waals surface area contributed by atoms with E-state index in [1.54, 1.807) is 18.3 Å². The van der Waals surface area contributed by atoms with Gasteiger partial charge in [-0.3, -0.25) is 4.79 Å². The third-order valence-corrected chi connectivity index (χ3v) is 5.47. The Hall–Kier alpha value is -4.37. The van der Waals surface area contributed by atoms with Crippen LogP contribution in [0.25, 0.3) is 10.8 Å². The van der Waals surface area contributed by atoms with Crippen molar-refractivity contribution in [2.24, 2.45) is 0 Å². The summed E-state index contributed by atoms with van der Waals surface area (Å²) in [5, 5.41) is 20.7. The summed E-state index contributed by atoms with van der Waals surface area (Å²) < 4.78 is 11.9. The van der Waals surface area contributed by atoms with Gasteiger partial charge in [0.2, 0.25) is 0 Å². The van der Waals surface area contributed by atoms with Gasteiger partial charge in [0.05, 0.1) is 6.61 Å². The highest BCUT2D eigenvalue weighted by Crippen LogP contribution is 2.25. The molecular formula is C28H24N2O4. The Morgan fingerprint density at radius 3 is 2.53 bits per heavy atom. The molecule has 1 aromatic heterocycles. The van der Waals surface area contributed by atoms with Crippen LogP contribution in [0.4, 0.5) is 0 Å². The molecule has 4 aromatic rings. The molecular weight excluding hydrogens is 428 g/mol. The standard InChI is InChI=1S/C28H24N2O4/c29-18-25-26(6-3-14-30-25)34-19-21-8-10-23(11-12-28(31)32)27(17-21)33-15-13-20-7-9-22-4-1-2-5-24(22)16-20/h1-10,14,16-17H,11-13,15,19H2,(H,31,32). The minimum Gasteiger partial charge on any atom is -0.493 e. The number of nitriles is 1. The smallest absolute Gasteiger partial charge is 0.303 e. The topological polar surface area (TPSA) is 92.4 Å². The van der Waals surface area contributed by atoms with Crippen LogP contribution >= 0.6 is 0 Å². The number of carboxylic acid groups (broad SMARTS) is 1. The molecule has 0 fully saturated rings. The number of benzene rings is 3. The van der Waals surface area contributed by atoms with E-state index in [-0.39, 0.29) is 18.7 Å². The van der Waals surface area contributed by atoms with Crippen molar-refractivity contribution in [1.82, 2.24) is 4.98 Å². The number of carbonyl (C=O) groups is 1. The Morgan fingerprint density at radius 1 is 0.882 bits per heavy atom. The first kappa shape index (κ1) is 22.8. The number of aliphatic carboxylic acids is 1. The summed E-state index contributed by atoms with van der Waals surface area (Å²) in [4.78, 5) is 15.1. The van der Waals surface area contributed by atoms with Crippen molar-refractivity contribution in [3.63, 3.8) is 0 Å². The highest BCUT2D eigenvalue weighted by atomic mass is 16.5. The SMILES string of the molecule is N#Cc1ncccc1OCc1ccc(CCC(=O)O)c(OCCc2ccc3ccccc3c2)c1. The third-order valence-electron chi connectivity index (χ3n) is 5.47. The van der Waals surface area contributed by atoms with Gasteiger partial charge in [0.15, 0.2) is 11.4 Å². The number of ether oxygens (including phenoxy) is 2. The zero-order valence-corrected chi connectivity index (χ0v) is 18.6. The summed E-state index contributed by atoms with van der Waals surface area (Å²) in [5.74, 6) is 0.212. The minimum atomic E-state index is -0.852. The second kappa shape index (κ2) is 11.0. The summed E-state index contributed by atoms with van der Waals surface area (Å²) in [7, 11) is 0. The zero-order chi connectivity index (χ0) is 23.8. The van der Waals surface area contributed by atoms with Crippen LogP contribution in [0.15, 0.2) is 79.0 Å². The lowest BCUT2D eigenvalue weighted by Gasteiger charge is -2.14. The van der Waals surface area contributed by atoms with Gasteiger partial charge in [0.1, 0.15) is 18.4 Å². The lowest BCUT2D eigenvalue weighted by atomic mass is 10.0. The number of rotatable bonds is 10. The fraction of sp³-hybridized carbons (Fsp3) is 0.179. The molecule has 6 heteroatoms. The highest BCUT2D eigenvalue weighted by Gasteiger charge is 2.10. The van der Waals surface area contributed by atoms with E-state index in [2.05, 4.69) is 35.3 Å². The van der Waals surface area contributed by atoms with Crippen LogP contribution in [0.3, 0.4) is 0 Å². The van der Waals surface area contributed by atoms with Crippen molar-refractivity contribution >= 4 is 16.7 Å². The Kier molecular flexibility index (Phi) is 7.36. The molecule has 3 aromatic carbocycles. The molecule has 0 unspecified atom stereocenters. The summed E-state index contributed by atoms with van der Waals surface area (Å²) in [5.41, 5.74) is 3.09. The normalized spacial score (nSPS) is 10.6. The van der Waals surface area contributed by atoms with E-state index in [1.807, 2.05) is 36.4 Å². The van der Waals surface area contributed by atoms with E-state index in [0.717, 1.165) is 17.5 Å². The average Bonchev–Trinajstić information content (AvgIpc) is 2.87. The Labute approximate surface area is 198 Å². The Morgan fingerprint density at radius 2 is 1.71 bits per heavy atom. The van der Waals surface area contributed by atoms with Crippen molar-refractivity contribution in [2.75, 3.05) is 6.61 Å². The fourth-order valence-corrected chi connectivity index (χ4v) is 3.70. The van der Waals surface area contributed by atoms with E-state index in [4.69, 9.17) is 14.6 Å². The van der Waals surface area contributed by atoms with Crippen LogP contribution in [-0.2, 0) is 24.2 Å². The molecule has 1 heterocycles. The molecule has 0 amide bonds. The number of hydrogen-bond acceptors (Lipinski definition) is 5. The number of hydrogen-bond donors (Lipinski definition) is 1. The van der Waals surface area contributed by atoms with Crippen LogP contribution < -0.4 is 9.47 Å². The highest BCUT2D eigenvalue weighted by molar-refractivity contribution is 5.83. The lowest BCUT2D eigenvalue weighted by Crippen LogP contribution is -2.06. The summed E-state index contributed by atoms with van der Waals surface area (Å²) in [6.07, 6.45) is 2.68. The van der Waals surface area contributed by atoms with E-state index in [9.17, 15) is 10.1 Å². The number of nitrogens with zero attached hydrogens (tertiary/aromatic N) is 2. The molecule has 0 aliphatic heterocycles. The minimum absolute atomic E-state index is 0.0259. The van der Waals surface area contributed by atoms with Gasteiger partial charge in [-0.25, -0.2) is 4.98 Å². The van der Waals surface area contributed by atoms with Crippen molar-refractivity contribution in [1.29, 1.82) is 5.26 Å². The lowest BCUT2D eigenvalue weighted by molar-refractivity contribution is -0.136. The maximum atomic E-state index is 11.1. The molecule has 170 valence electrons. The molecule has 0 saturated heterocycles. The van der Waals surface area contributed by atoms with Crippen molar-refractivity contribution in [3.05, 3.63) is 101 Å².